The van der Waals surface area contributed by atoms with Gasteiger partial charge in [0.25, 0.3) is 11.8 Å². The fraction of sp³-hybridized carbons (Fsp3) is 0.250. The van der Waals surface area contributed by atoms with Crippen LogP contribution in [-0.2, 0) is 16.1 Å². The van der Waals surface area contributed by atoms with Crippen molar-refractivity contribution in [3.8, 4) is 0 Å². The molecule has 0 spiro atoms. The second kappa shape index (κ2) is 7.85. The number of aliphatic hydroxyl groups excluding tert-OH is 1. The van der Waals surface area contributed by atoms with Gasteiger partial charge in [-0.1, -0.05) is 24.3 Å². The van der Waals surface area contributed by atoms with Gasteiger partial charge < -0.3 is 5.11 Å². The van der Waals surface area contributed by atoms with E-state index < -0.39 is 0 Å². The quantitative estimate of drug-likeness (QED) is 0.794. The van der Waals surface area contributed by atoms with E-state index in [4.69, 9.17) is 5.11 Å². The van der Waals surface area contributed by atoms with E-state index in [0.29, 0.717) is 21.9 Å². The topological polar surface area (TPSA) is 70.5 Å². The molecule has 0 fully saturated rings. The lowest BCUT2D eigenvalue weighted by Crippen LogP contribution is -2.31. The summed E-state index contributed by atoms with van der Waals surface area (Å²) in [7, 11) is 0. The van der Waals surface area contributed by atoms with Crippen LogP contribution < -0.4 is 0 Å². The van der Waals surface area contributed by atoms with Crippen LogP contribution in [0.15, 0.2) is 47.5 Å². The van der Waals surface area contributed by atoms with Crippen molar-refractivity contribution in [1.82, 2.24) is 9.88 Å². The Labute approximate surface area is 156 Å². The third-order valence-electron chi connectivity index (χ3n) is 4.31. The van der Waals surface area contributed by atoms with Crippen LogP contribution in [-0.4, -0.2) is 39.2 Å². The molecule has 1 aromatic carbocycles. The van der Waals surface area contributed by atoms with Crippen LogP contribution >= 0.6 is 11.8 Å². The fourth-order valence-corrected chi connectivity index (χ4v) is 3.66. The largest absolute Gasteiger partial charge is 0.396 e. The maximum absolute atomic E-state index is 13.0. The van der Waals surface area contributed by atoms with Crippen LogP contribution in [0.2, 0.25) is 0 Å². The number of nitrogens with zero attached hydrogens (tertiary/aromatic N) is 2. The van der Waals surface area contributed by atoms with Crippen molar-refractivity contribution in [3.63, 3.8) is 0 Å². The van der Waals surface area contributed by atoms with Crippen molar-refractivity contribution in [2.45, 2.75) is 20.4 Å². The van der Waals surface area contributed by atoms with E-state index in [2.05, 4.69) is 4.98 Å². The zero-order valence-corrected chi connectivity index (χ0v) is 15.5. The van der Waals surface area contributed by atoms with Gasteiger partial charge in [-0.2, -0.15) is 0 Å². The number of aryl methyl sites for hydroxylation is 2. The molecule has 1 aliphatic heterocycles. The lowest BCUT2D eigenvalue weighted by atomic mass is 10.0. The highest BCUT2D eigenvalue weighted by Crippen LogP contribution is 2.37. The normalized spacial score (nSPS) is 14.5. The Bertz CT molecular complexity index is 878. The van der Waals surface area contributed by atoms with Crippen LogP contribution in [0.5, 0.6) is 0 Å². The van der Waals surface area contributed by atoms with Gasteiger partial charge in [0, 0.05) is 11.9 Å². The highest BCUT2D eigenvalue weighted by atomic mass is 32.2. The van der Waals surface area contributed by atoms with Crippen molar-refractivity contribution in [2.75, 3.05) is 12.4 Å². The number of pyridine rings is 1. The van der Waals surface area contributed by atoms with Gasteiger partial charge in [-0.3, -0.25) is 19.5 Å². The summed E-state index contributed by atoms with van der Waals surface area (Å²) in [6.45, 7) is 4.06. The molecule has 2 amide bonds. The number of aliphatic hydroxyl groups is 1. The molecule has 0 radical (unpaired) electrons. The SMILES string of the molecule is Cc1ccc(C2=C(SCCO)C(=O)N(Cc3ccccn3)C2=O)cc1C. The van der Waals surface area contributed by atoms with E-state index >= 15 is 0 Å². The maximum Gasteiger partial charge on any atom is 0.268 e. The summed E-state index contributed by atoms with van der Waals surface area (Å²) in [6.07, 6.45) is 1.64. The first kappa shape index (κ1) is 18.4. The zero-order valence-electron chi connectivity index (χ0n) is 14.7. The molecule has 6 heteroatoms. The van der Waals surface area contributed by atoms with E-state index in [1.54, 1.807) is 18.3 Å². The van der Waals surface area contributed by atoms with Crippen molar-refractivity contribution >= 4 is 29.1 Å². The standard InChI is InChI=1S/C20H20N2O3S/c1-13-6-7-15(11-14(13)2)17-18(26-10-9-23)20(25)22(19(17)24)12-16-5-3-4-8-21-16/h3-8,11,23H,9-10,12H2,1-2H3. The molecule has 0 aliphatic carbocycles. The smallest absolute Gasteiger partial charge is 0.268 e. The summed E-state index contributed by atoms with van der Waals surface area (Å²) >= 11 is 1.22. The summed E-state index contributed by atoms with van der Waals surface area (Å²) < 4.78 is 0. The first-order valence-electron chi connectivity index (χ1n) is 8.34. The molecule has 2 aromatic rings. The lowest BCUT2D eigenvalue weighted by Gasteiger charge is -2.14. The van der Waals surface area contributed by atoms with Gasteiger partial charge in [0.15, 0.2) is 0 Å². The molecule has 1 aliphatic rings. The van der Waals surface area contributed by atoms with Crippen LogP contribution in [0.4, 0.5) is 0 Å². The Balaban J connectivity index is 1.99. The maximum atomic E-state index is 13.0. The molecule has 0 atom stereocenters. The third kappa shape index (κ3) is 3.57. The summed E-state index contributed by atoms with van der Waals surface area (Å²) in [5.74, 6) is -0.281. The molecule has 0 bridgehead atoms. The number of imide groups is 1. The molecule has 26 heavy (non-hydrogen) atoms. The van der Waals surface area contributed by atoms with Gasteiger partial charge in [-0.05, 0) is 42.7 Å². The molecular formula is C20H20N2O3S. The summed E-state index contributed by atoms with van der Waals surface area (Å²) in [5, 5.41) is 9.15. The minimum Gasteiger partial charge on any atom is -0.396 e. The Kier molecular flexibility index (Phi) is 5.54. The molecule has 0 saturated carbocycles. The molecule has 134 valence electrons. The first-order chi connectivity index (χ1) is 12.5. The Morgan fingerprint density at radius 2 is 1.88 bits per heavy atom. The molecule has 1 N–H and O–H groups in total. The van der Waals surface area contributed by atoms with Gasteiger partial charge in [-0.25, -0.2) is 0 Å². The Morgan fingerprint density at radius 3 is 2.54 bits per heavy atom. The number of hydrogen-bond acceptors (Lipinski definition) is 5. The molecule has 0 saturated heterocycles. The van der Waals surface area contributed by atoms with Crippen LogP contribution in [0.25, 0.3) is 5.57 Å². The summed E-state index contributed by atoms with van der Waals surface area (Å²) in [5.41, 5.74) is 3.98. The van der Waals surface area contributed by atoms with Crippen molar-refractivity contribution in [1.29, 1.82) is 0 Å². The second-order valence-electron chi connectivity index (χ2n) is 6.09. The number of carbonyl (C=O) groups excluding carboxylic acids is 2. The van der Waals surface area contributed by atoms with Crippen LogP contribution in [0, 0.1) is 13.8 Å². The van der Waals surface area contributed by atoms with Gasteiger partial charge in [0.2, 0.25) is 0 Å². The Morgan fingerprint density at radius 1 is 1.08 bits per heavy atom. The minimum absolute atomic E-state index is 0.0594. The predicted octanol–water partition coefficient (Wildman–Crippen LogP) is 2.70. The number of amides is 2. The molecule has 0 unspecified atom stereocenters. The number of aromatic nitrogens is 1. The highest BCUT2D eigenvalue weighted by molar-refractivity contribution is 8.04. The monoisotopic (exact) mass is 368 g/mol. The van der Waals surface area contributed by atoms with Gasteiger partial charge >= 0.3 is 0 Å². The van der Waals surface area contributed by atoms with E-state index in [-0.39, 0.29) is 25.0 Å². The number of thioether (sulfide) groups is 1. The lowest BCUT2D eigenvalue weighted by molar-refractivity contribution is -0.137. The zero-order chi connectivity index (χ0) is 18.7. The minimum atomic E-state index is -0.327. The van der Waals surface area contributed by atoms with Crippen molar-refractivity contribution < 1.29 is 14.7 Å². The summed E-state index contributed by atoms with van der Waals surface area (Å²) in [6, 6.07) is 11.2. The third-order valence-corrected chi connectivity index (χ3v) is 5.36. The fourth-order valence-electron chi connectivity index (χ4n) is 2.78. The molecule has 5 nitrogen and oxygen atoms in total. The number of carbonyl (C=O) groups is 2. The van der Waals surface area contributed by atoms with Gasteiger partial charge in [0.1, 0.15) is 0 Å². The first-order valence-corrected chi connectivity index (χ1v) is 9.33. The molecule has 2 heterocycles. The molecule has 1 aromatic heterocycles. The average Bonchev–Trinajstić information content (AvgIpc) is 2.87. The van der Waals surface area contributed by atoms with Crippen LogP contribution in [0.1, 0.15) is 22.4 Å². The van der Waals surface area contributed by atoms with E-state index in [9.17, 15) is 9.59 Å². The van der Waals surface area contributed by atoms with Crippen molar-refractivity contribution in [3.05, 3.63) is 69.9 Å². The molecular weight excluding hydrogens is 348 g/mol. The van der Waals surface area contributed by atoms with Gasteiger partial charge in [0.05, 0.1) is 29.3 Å². The van der Waals surface area contributed by atoms with Crippen molar-refractivity contribution in [2.24, 2.45) is 0 Å². The average molecular weight is 368 g/mol. The second-order valence-corrected chi connectivity index (χ2v) is 7.20. The van der Waals surface area contributed by atoms with E-state index in [1.807, 2.05) is 38.1 Å². The Hall–Kier alpha value is -2.44. The highest BCUT2D eigenvalue weighted by Gasteiger charge is 2.39. The summed E-state index contributed by atoms with van der Waals surface area (Å²) in [4.78, 5) is 31.7. The number of benzene rings is 1. The molecule has 3 rings (SSSR count). The number of rotatable bonds is 6. The predicted molar refractivity (Wildman–Crippen MR) is 102 cm³/mol. The van der Waals surface area contributed by atoms with Crippen LogP contribution in [0.3, 0.4) is 0 Å². The van der Waals surface area contributed by atoms with E-state index in [0.717, 1.165) is 16.7 Å². The van der Waals surface area contributed by atoms with E-state index in [1.165, 1.54) is 16.7 Å². The number of hydrogen-bond donors (Lipinski definition) is 1. The van der Waals surface area contributed by atoms with Gasteiger partial charge in [-0.15, -0.1) is 11.8 Å².